The fourth-order valence-corrected chi connectivity index (χ4v) is 14.3. The predicted molar refractivity (Wildman–Crippen MR) is 292 cm³/mol. The lowest BCUT2D eigenvalue weighted by Crippen LogP contribution is -2.39. The van der Waals surface area contributed by atoms with E-state index in [1.807, 2.05) is 117 Å². The van der Waals surface area contributed by atoms with Gasteiger partial charge in [-0.15, -0.1) is 0 Å². The molecule has 8 aromatic rings. The summed E-state index contributed by atoms with van der Waals surface area (Å²) < 4.78 is 99.1. The Hall–Kier alpha value is -6.02. The smallest absolute Gasteiger partial charge is 0.391 e. The van der Waals surface area contributed by atoms with Crippen LogP contribution in [0.4, 0.5) is 0 Å². The highest BCUT2D eigenvalue weighted by atomic mass is 32.2. The van der Waals surface area contributed by atoms with Crippen molar-refractivity contribution in [3.8, 4) is 5.75 Å². The minimum Gasteiger partial charge on any atom is -0.391 e. The number of rotatable bonds is 12. The van der Waals surface area contributed by atoms with Crippen LogP contribution >= 0.6 is 8.24 Å². The van der Waals surface area contributed by atoms with Crippen molar-refractivity contribution in [1.29, 1.82) is 0 Å². The number of hydrogen-bond acceptors (Lipinski definition) is 9. The fraction of sp³-hybridized carbons (Fsp3) is 0.300. The Morgan fingerprint density at radius 1 is 0.514 bits per heavy atom. The SMILES string of the molecule is Cc1ccc(S(=O)(=O)N2[C@@H](Cc3ccccc3)CO[C@H]2c2cc(C(C)(C)C)cc3c2op(Oc2ccccc2)oc2c([C@@H]4OC[C@H](Cc5ccccc5)N4S(=O)(=O)c4ccc(C)cc4)cc(C(C)(C)C)cc23)cc1. The zero-order valence-electron chi connectivity index (χ0n) is 43.1. The van der Waals surface area contributed by atoms with Crippen LogP contribution in [0.25, 0.3) is 21.9 Å². The minimum atomic E-state index is -4.23. The third-order valence-electron chi connectivity index (χ3n) is 13.9. The zero-order chi connectivity index (χ0) is 52.2. The Balaban J connectivity index is 1.27. The molecule has 74 heavy (non-hydrogen) atoms. The van der Waals surface area contributed by atoms with E-state index in [9.17, 15) is 0 Å². The second-order valence-electron chi connectivity index (χ2n) is 21.5. The maximum atomic E-state index is 15.4. The van der Waals surface area contributed by atoms with E-state index in [1.165, 1.54) is 8.61 Å². The molecule has 14 heteroatoms. The van der Waals surface area contributed by atoms with E-state index < -0.39 is 63.7 Å². The van der Waals surface area contributed by atoms with Gasteiger partial charge in [0.1, 0.15) is 5.75 Å². The summed E-state index contributed by atoms with van der Waals surface area (Å²) in [7, 11) is -10.9. The van der Waals surface area contributed by atoms with E-state index in [-0.39, 0.29) is 23.0 Å². The topological polar surface area (TPSA) is 129 Å². The highest BCUT2D eigenvalue weighted by molar-refractivity contribution is 7.89. The molecular formula is C60H63N2O9PS2. The second-order valence-corrected chi connectivity index (χ2v) is 26.2. The first-order chi connectivity index (χ1) is 35.3. The first-order valence-corrected chi connectivity index (χ1v) is 29.0. The molecule has 384 valence electrons. The quantitative estimate of drug-likeness (QED) is 0.117. The number of aryl methyl sites for hydroxylation is 2. The number of sulfonamides is 2. The molecule has 2 fully saturated rings. The summed E-state index contributed by atoms with van der Waals surface area (Å²) in [5, 5.41) is 1.21. The van der Waals surface area contributed by atoms with Crippen molar-refractivity contribution in [1.82, 2.24) is 8.61 Å². The van der Waals surface area contributed by atoms with Crippen LogP contribution in [0.5, 0.6) is 5.75 Å². The molecule has 2 aliphatic rings. The van der Waals surface area contributed by atoms with Crippen LogP contribution in [-0.2, 0) is 53.2 Å². The van der Waals surface area contributed by atoms with Gasteiger partial charge in [0.2, 0.25) is 20.0 Å². The van der Waals surface area contributed by atoms with Crippen LogP contribution < -0.4 is 4.52 Å². The second kappa shape index (κ2) is 20.3. The Kier molecular flexibility index (Phi) is 14.1. The molecule has 3 heterocycles. The van der Waals surface area contributed by atoms with Crippen molar-refractivity contribution in [3.05, 3.63) is 208 Å². The Labute approximate surface area is 436 Å². The molecule has 0 N–H and O–H groups in total. The molecule has 10 rings (SSSR count). The van der Waals surface area contributed by atoms with Crippen LogP contribution in [-0.4, -0.2) is 50.7 Å². The summed E-state index contributed by atoms with van der Waals surface area (Å²) in [6.45, 7) is 16.7. The van der Waals surface area contributed by atoms with Gasteiger partial charge in [0.25, 0.3) is 0 Å². The standard InChI is InChI=1S/C60H63N2O9PS2/c1-40-24-28-49(29-25-40)73(63,64)61-46(32-42-18-12-9-13-19-42)38-67-57(61)53-36-44(59(3,4)5)34-51-52-35-45(60(6,7)8)37-54(56(52)71-72(70-55(51)53)69-48-22-16-11-17-23-48)58-62(74(65,66)50-30-26-41(2)27-31-50)47(39-68-58)33-43-20-14-10-15-21-43/h9-31,34-37,46-47,57-58H,32-33,38-39H2,1-8H3/t46-,47-,57-,58-/m0/s1. The van der Waals surface area contributed by atoms with Gasteiger partial charge >= 0.3 is 8.24 Å². The van der Waals surface area contributed by atoms with Crippen LogP contribution in [0.15, 0.2) is 182 Å². The van der Waals surface area contributed by atoms with Gasteiger partial charge in [-0.05, 0) is 120 Å². The molecule has 2 saturated heterocycles. The van der Waals surface area contributed by atoms with E-state index in [1.54, 1.807) is 48.5 Å². The van der Waals surface area contributed by atoms with Gasteiger partial charge in [-0.3, -0.25) is 0 Å². The Bertz CT molecular complexity index is 3360. The maximum absolute atomic E-state index is 15.4. The Morgan fingerprint density at radius 3 is 1.24 bits per heavy atom. The first kappa shape index (κ1) is 51.5. The third-order valence-corrected chi connectivity index (χ3v) is 18.8. The average Bonchev–Trinajstić information content (AvgIpc) is 3.97. The van der Waals surface area contributed by atoms with E-state index in [0.717, 1.165) is 33.4 Å². The van der Waals surface area contributed by atoms with E-state index in [0.29, 0.717) is 51.7 Å². The minimum absolute atomic E-state index is 0.105. The van der Waals surface area contributed by atoms with Crippen molar-refractivity contribution >= 4 is 50.2 Å². The molecule has 7 aromatic carbocycles. The van der Waals surface area contributed by atoms with Gasteiger partial charge in [-0.25, -0.2) is 16.8 Å². The number of nitrogens with zero attached hydrogens (tertiary/aromatic N) is 2. The Morgan fingerprint density at radius 2 is 0.878 bits per heavy atom. The van der Waals surface area contributed by atoms with Gasteiger partial charge in [0.15, 0.2) is 23.6 Å². The number of ether oxygens (including phenoxy) is 2. The van der Waals surface area contributed by atoms with Gasteiger partial charge in [0, 0.05) is 21.9 Å². The summed E-state index contributed by atoms with van der Waals surface area (Å²) in [4.78, 5) is 0.288. The van der Waals surface area contributed by atoms with Crippen molar-refractivity contribution in [2.24, 2.45) is 0 Å². The first-order valence-electron chi connectivity index (χ1n) is 25.0. The monoisotopic (exact) mass is 1050 g/mol. The lowest BCUT2D eigenvalue weighted by Gasteiger charge is -2.30. The van der Waals surface area contributed by atoms with Crippen LogP contribution in [0.2, 0.25) is 0 Å². The number of benzene rings is 7. The van der Waals surface area contributed by atoms with Crippen molar-refractivity contribution in [2.75, 3.05) is 13.2 Å². The molecule has 0 aliphatic carbocycles. The molecule has 11 nitrogen and oxygen atoms in total. The largest absolute Gasteiger partial charge is 0.453 e. The number of para-hydroxylation sites is 1. The molecule has 0 saturated carbocycles. The zero-order valence-corrected chi connectivity index (χ0v) is 45.6. The molecule has 0 radical (unpaired) electrons. The van der Waals surface area contributed by atoms with Crippen molar-refractivity contribution in [2.45, 2.75) is 113 Å². The number of hydrogen-bond donors (Lipinski definition) is 0. The van der Waals surface area contributed by atoms with Crippen LogP contribution in [0, 0.1) is 13.8 Å². The normalized spacial score (nSPS) is 19.1. The van der Waals surface area contributed by atoms with Gasteiger partial charge in [0.05, 0.1) is 35.1 Å². The maximum Gasteiger partial charge on any atom is 0.453 e. The molecule has 2 aliphatic heterocycles. The van der Waals surface area contributed by atoms with Gasteiger partial charge in [-0.2, -0.15) is 8.61 Å². The van der Waals surface area contributed by atoms with Crippen LogP contribution in [0.3, 0.4) is 0 Å². The molecule has 0 unspecified atom stereocenters. The summed E-state index contributed by atoms with van der Waals surface area (Å²) >= 11 is 0. The molecule has 0 bridgehead atoms. The van der Waals surface area contributed by atoms with E-state index >= 15 is 16.8 Å². The third kappa shape index (κ3) is 10.4. The molecule has 0 spiro atoms. The lowest BCUT2D eigenvalue weighted by molar-refractivity contribution is 0.0683. The predicted octanol–water partition coefficient (Wildman–Crippen LogP) is 14.0. The molecular weight excluding hydrogens is 988 g/mol. The average molecular weight is 1050 g/mol. The van der Waals surface area contributed by atoms with Crippen LogP contribution in [0.1, 0.15) is 98.5 Å². The lowest BCUT2D eigenvalue weighted by atomic mass is 9.83. The number of fused-ring (bicyclic) bond motifs is 3. The summed E-state index contributed by atoms with van der Waals surface area (Å²) in [5.41, 5.74) is 6.20. The van der Waals surface area contributed by atoms with E-state index in [2.05, 4.69) is 53.7 Å². The highest BCUT2D eigenvalue weighted by Crippen LogP contribution is 2.49. The van der Waals surface area contributed by atoms with Crippen molar-refractivity contribution < 1.29 is 39.2 Å². The summed E-state index contributed by atoms with van der Waals surface area (Å²) in [6, 6.07) is 49.6. The molecule has 0 amide bonds. The van der Waals surface area contributed by atoms with Gasteiger partial charge < -0.3 is 22.4 Å². The summed E-state index contributed by atoms with van der Waals surface area (Å²) in [6.07, 6.45) is -1.52. The summed E-state index contributed by atoms with van der Waals surface area (Å²) in [5.74, 6) is 0.469. The fourth-order valence-electron chi connectivity index (χ4n) is 9.83. The molecule has 1 aromatic heterocycles. The van der Waals surface area contributed by atoms with E-state index in [4.69, 9.17) is 22.4 Å². The van der Waals surface area contributed by atoms with Gasteiger partial charge in [-0.1, -0.05) is 156 Å². The highest BCUT2D eigenvalue weighted by Gasteiger charge is 2.48. The molecule has 4 atom stereocenters. The van der Waals surface area contributed by atoms with Crippen molar-refractivity contribution in [3.63, 3.8) is 0 Å².